The number of hydrogen-bond acceptors (Lipinski definition) is 3. The van der Waals surface area contributed by atoms with Crippen molar-refractivity contribution in [1.29, 1.82) is 0 Å². The van der Waals surface area contributed by atoms with Gasteiger partial charge in [0.05, 0.1) is 19.3 Å². The zero-order valence-electron chi connectivity index (χ0n) is 14.8. The number of nitrogens with one attached hydrogen (secondary N) is 1. The first-order valence-electron chi connectivity index (χ1n) is 7.67. The maximum absolute atomic E-state index is 5.85. The highest BCUT2D eigenvalue weighted by Gasteiger charge is 2.35. The molecule has 1 N–H and O–H groups in total. The molecule has 0 aliphatic heterocycles. The summed E-state index contributed by atoms with van der Waals surface area (Å²) in [5.74, 6) is 0.935. The fraction of sp³-hybridized carbons (Fsp3) is 0.667. The summed E-state index contributed by atoms with van der Waals surface area (Å²) < 4.78 is 11.5. The zero-order valence-corrected chi connectivity index (χ0v) is 14.8. The van der Waals surface area contributed by atoms with Crippen molar-refractivity contribution < 1.29 is 9.47 Å². The second-order valence-corrected chi connectivity index (χ2v) is 6.76. The average Bonchev–Trinajstić information content (AvgIpc) is 2.36. The summed E-state index contributed by atoms with van der Waals surface area (Å²) in [5.41, 5.74) is 3.69. The highest BCUT2D eigenvalue weighted by Crippen LogP contribution is 2.38. The van der Waals surface area contributed by atoms with E-state index in [9.17, 15) is 0 Å². The van der Waals surface area contributed by atoms with Crippen molar-refractivity contribution in [3.63, 3.8) is 0 Å². The van der Waals surface area contributed by atoms with Gasteiger partial charge >= 0.3 is 0 Å². The second kappa shape index (κ2) is 7.28. The lowest BCUT2D eigenvalue weighted by molar-refractivity contribution is -0.0122. The fourth-order valence-electron chi connectivity index (χ4n) is 3.08. The summed E-state index contributed by atoms with van der Waals surface area (Å²) in [6.07, 6.45) is 0.0627. The van der Waals surface area contributed by atoms with Crippen molar-refractivity contribution in [3.8, 4) is 5.75 Å². The summed E-state index contributed by atoms with van der Waals surface area (Å²) in [7, 11) is 3.52. The van der Waals surface area contributed by atoms with E-state index in [1.807, 2.05) is 0 Å². The molecule has 0 spiro atoms. The number of benzene rings is 1. The van der Waals surface area contributed by atoms with Crippen LogP contribution in [0.4, 0.5) is 0 Å². The smallest absolute Gasteiger partial charge is 0.124 e. The van der Waals surface area contributed by atoms with Gasteiger partial charge in [-0.25, -0.2) is 0 Å². The summed E-state index contributed by atoms with van der Waals surface area (Å²) in [5, 5.41) is 3.59. The van der Waals surface area contributed by atoms with Crippen molar-refractivity contribution in [2.45, 2.75) is 53.7 Å². The molecule has 3 nitrogen and oxygen atoms in total. The second-order valence-electron chi connectivity index (χ2n) is 6.76. The predicted molar refractivity (Wildman–Crippen MR) is 89.1 cm³/mol. The third kappa shape index (κ3) is 4.21. The lowest BCUT2D eigenvalue weighted by Gasteiger charge is -2.37. The quantitative estimate of drug-likeness (QED) is 0.859. The molecule has 2 atom stereocenters. The van der Waals surface area contributed by atoms with E-state index in [0.717, 1.165) is 12.3 Å². The molecule has 1 aromatic rings. The van der Waals surface area contributed by atoms with Gasteiger partial charge in [0.2, 0.25) is 0 Å². The Morgan fingerprint density at radius 1 is 1.14 bits per heavy atom. The van der Waals surface area contributed by atoms with Crippen LogP contribution in [0.25, 0.3) is 0 Å². The van der Waals surface area contributed by atoms with E-state index in [2.05, 4.69) is 59.0 Å². The van der Waals surface area contributed by atoms with Crippen LogP contribution < -0.4 is 10.1 Å². The summed E-state index contributed by atoms with van der Waals surface area (Å²) in [6.45, 7) is 13.9. The normalized spacial score (nSPS) is 14.9. The number of rotatable bonds is 6. The Morgan fingerprint density at radius 2 is 1.76 bits per heavy atom. The Labute approximate surface area is 130 Å². The van der Waals surface area contributed by atoms with Crippen LogP contribution in [0.3, 0.4) is 0 Å². The first-order chi connectivity index (χ1) is 9.76. The van der Waals surface area contributed by atoms with E-state index in [-0.39, 0.29) is 17.6 Å². The van der Waals surface area contributed by atoms with Gasteiger partial charge in [0, 0.05) is 12.7 Å². The minimum Gasteiger partial charge on any atom is -0.496 e. The fourth-order valence-corrected chi connectivity index (χ4v) is 3.08. The Balaban J connectivity index is 3.41. The third-order valence-electron chi connectivity index (χ3n) is 3.86. The van der Waals surface area contributed by atoms with Gasteiger partial charge in [-0.05, 0) is 43.0 Å². The summed E-state index contributed by atoms with van der Waals surface area (Å²) >= 11 is 0. The topological polar surface area (TPSA) is 30.5 Å². The summed E-state index contributed by atoms with van der Waals surface area (Å²) in [6, 6.07) is 4.41. The van der Waals surface area contributed by atoms with Crippen molar-refractivity contribution in [2.24, 2.45) is 5.41 Å². The van der Waals surface area contributed by atoms with Crippen LogP contribution in [0.15, 0.2) is 12.1 Å². The average molecular weight is 293 g/mol. The van der Waals surface area contributed by atoms with Crippen LogP contribution in [0.2, 0.25) is 0 Å². The summed E-state index contributed by atoms with van der Waals surface area (Å²) in [4.78, 5) is 0. The molecule has 2 unspecified atom stereocenters. The largest absolute Gasteiger partial charge is 0.496 e. The molecule has 0 saturated heterocycles. The highest BCUT2D eigenvalue weighted by molar-refractivity contribution is 5.45. The molecule has 1 rings (SSSR count). The highest BCUT2D eigenvalue weighted by atomic mass is 16.5. The first kappa shape index (κ1) is 18.0. The molecule has 0 bridgehead atoms. The van der Waals surface area contributed by atoms with E-state index in [1.165, 1.54) is 16.7 Å². The SMILES string of the molecule is CCNC(c1c(C)cc(C)cc1OC)C(OC)C(C)(C)C. The van der Waals surface area contributed by atoms with Crippen molar-refractivity contribution >= 4 is 0 Å². The molecule has 0 aromatic heterocycles. The van der Waals surface area contributed by atoms with Gasteiger partial charge in [-0.2, -0.15) is 0 Å². The molecule has 0 fully saturated rings. The molecule has 0 heterocycles. The van der Waals surface area contributed by atoms with Gasteiger partial charge in [-0.15, -0.1) is 0 Å². The van der Waals surface area contributed by atoms with Gasteiger partial charge in [0.25, 0.3) is 0 Å². The minimum absolute atomic E-state index is 0.0317. The zero-order chi connectivity index (χ0) is 16.2. The van der Waals surface area contributed by atoms with Crippen LogP contribution in [0.5, 0.6) is 5.75 Å². The van der Waals surface area contributed by atoms with Gasteiger partial charge in [0.15, 0.2) is 0 Å². The molecule has 120 valence electrons. The van der Waals surface area contributed by atoms with E-state index >= 15 is 0 Å². The predicted octanol–water partition coefficient (Wildman–Crippen LogP) is 4.02. The Kier molecular flexibility index (Phi) is 6.24. The van der Waals surface area contributed by atoms with Gasteiger partial charge < -0.3 is 14.8 Å². The maximum Gasteiger partial charge on any atom is 0.124 e. The molecular formula is C18H31NO2. The van der Waals surface area contributed by atoms with Crippen molar-refractivity contribution in [1.82, 2.24) is 5.32 Å². The minimum atomic E-state index is 0.0317. The molecule has 1 aromatic carbocycles. The lowest BCUT2D eigenvalue weighted by Crippen LogP contribution is -2.42. The van der Waals surface area contributed by atoms with Crippen LogP contribution in [-0.2, 0) is 4.74 Å². The molecule has 21 heavy (non-hydrogen) atoms. The van der Waals surface area contributed by atoms with Gasteiger partial charge in [-0.3, -0.25) is 0 Å². The van der Waals surface area contributed by atoms with Crippen LogP contribution >= 0.6 is 0 Å². The molecule has 0 amide bonds. The maximum atomic E-state index is 5.85. The van der Waals surface area contributed by atoms with E-state index in [4.69, 9.17) is 9.47 Å². The number of hydrogen-bond donors (Lipinski definition) is 1. The molecule has 0 aliphatic rings. The van der Waals surface area contributed by atoms with Gasteiger partial charge in [-0.1, -0.05) is 33.8 Å². The molecule has 0 aliphatic carbocycles. The lowest BCUT2D eigenvalue weighted by atomic mass is 9.80. The number of ether oxygens (including phenoxy) is 2. The molecule has 3 heteroatoms. The Hall–Kier alpha value is -1.06. The van der Waals surface area contributed by atoms with Crippen molar-refractivity contribution in [3.05, 3.63) is 28.8 Å². The van der Waals surface area contributed by atoms with E-state index in [1.54, 1.807) is 14.2 Å². The van der Waals surface area contributed by atoms with E-state index in [0.29, 0.717) is 0 Å². The van der Waals surface area contributed by atoms with Crippen molar-refractivity contribution in [2.75, 3.05) is 20.8 Å². The Morgan fingerprint density at radius 3 is 2.19 bits per heavy atom. The Bertz CT molecular complexity index is 463. The van der Waals surface area contributed by atoms with Crippen LogP contribution in [0, 0.1) is 19.3 Å². The molecule has 0 saturated carbocycles. The van der Waals surface area contributed by atoms with Gasteiger partial charge in [0.1, 0.15) is 5.75 Å². The number of methoxy groups -OCH3 is 2. The first-order valence-corrected chi connectivity index (χ1v) is 7.67. The third-order valence-corrected chi connectivity index (χ3v) is 3.86. The van der Waals surface area contributed by atoms with Crippen LogP contribution in [-0.4, -0.2) is 26.9 Å². The standard InChI is InChI=1S/C18H31NO2/c1-9-19-16(17(21-8)18(4,5)6)15-13(3)10-12(2)11-14(15)20-7/h10-11,16-17,19H,9H2,1-8H3. The van der Waals surface area contributed by atoms with E-state index < -0.39 is 0 Å². The number of likely N-dealkylation sites (N-methyl/N-ethyl adjacent to an activating group) is 1. The molecule has 0 radical (unpaired) electrons. The number of aryl methyl sites for hydroxylation is 2. The monoisotopic (exact) mass is 293 g/mol. The molecular weight excluding hydrogens is 262 g/mol. The van der Waals surface area contributed by atoms with Crippen LogP contribution in [0.1, 0.15) is 50.4 Å².